The molecule has 0 heterocycles. The number of carboxylic acids is 1. The van der Waals surface area contributed by atoms with Gasteiger partial charge in [0.1, 0.15) is 16.8 Å². The van der Waals surface area contributed by atoms with Gasteiger partial charge in [-0.3, -0.25) is 4.79 Å². The Labute approximate surface area is 134 Å². The van der Waals surface area contributed by atoms with Gasteiger partial charge in [0, 0.05) is 6.54 Å². The van der Waals surface area contributed by atoms with E-state index in [-0.39, 0.29) is 12.5 Å². The van der Waals surface area contributed by atoms with Gasteiger partial charge in [-0.25, -0.2) is 9.18 Å². The molecule has 0 saturated heterocycles. The predicted molar refractivity (Wildman–Crippen MR) is 82.7 cm³/mol. The maximum absolute atomic E-state index is 13.2. The van der Waals surface area contributed by atoms with Crippen LogP contribution in [0.4, 0.5) is 9.18 Å². The highest BCUT2D eigenvalue weighted by molar-refractivity contribution is 5.83. The highest BCUT2D eigenvalue weighted by Crippen LogP contribution is 2.47. The van der Waals surface area contributed by atoms with Crippen LogP contribution in [0.2, 0.25) is 0 Å². The number of carboxylic acid groups (broad SMARTS) is 1. The molecule has 0 aromatic heterocycles. The molecule has 1 aliphatic rings. The van der Waals surface area contributed by atoms with Gasteiger partial charge in [0.15, 0.2) is 0 Å². The molecule has 0 aliphatic heterocycles. The third kappa shape index (κ3) is 4.00. The highest BCUT2D eigenvalue weighted by Gasteiger charge is 2.52. The Kier molecular flexibility index (Phi) is 4.63. The average molecular weight is 323 g/mol. The molecule has 0 spiro atoms. The van der Waals surface area contributed by atoms with E-state index in [0.717, 1.165) is 12.8 Å². The first-order valence-corrected chi connectivity index (χ1v) is 7.61. The fourth-order valence-electron chi connectivity index (χ4n) is 2.71. The van der Waals surface area contributed by atoms with Crippen molar-refractivity contribution < 1.29 is 23.8 Å². The fraction of sp³-hybridized carbons (Fsp3) is 0.529. The summed E-state index contributed by atoms with van der Waals surface area (Å²) < 4.78 is 18.3. The van der Waals surface area contributed by atoms with Gasteiger partial charge in [0.25, 0.3) is 0 Å². The molecule has 1 amide bonds. The Bertz CT molecular complexity index is 590. The van der Waals surface area contributed by atoms with Crippen molar-refractivity contribution in [2.24, 2.45) is 5.92 Å². The zero-order chi connectivity index (χ0) is 17.3. The summed E-state index contributed by atoms with van der Waals surface area (Å²) in [4.78, 5) is 23.9. The van der Waals surface area contributed by atoms with Crippen LogP contribution in [0.3, 0.4) is 0 Å². The van der Waals surface area contributed by atoms with Gasteiger partial charge in [-0.2, -0.15) is 0 Å². The van der Waals surface area contributed by atoms with Crippen molar-refractivity contribution in [2.45, 2.75) is 44.6 Å². The minimum atomic E-state index is -1.26. The molecule has 1 unspecified atom stereocenters. The van der Waals surface area contributed by atoms with Crippen LogP contribution in [-0.2, 0) is 14.9 Å². The van der Waals surface area contributed by atoms with E-state index in [1.54, 1.807) is 20.8 Å². The number of aliphatic carboxylic acids is 1. The maximum atomic E-state index is 13.2. The fourth-order valence-corrected chi connectivity index (χ4v) is 2.71. The normalized spacial score (nSPS) is 17.2. The second kappa shape index (κ2) is 6.18. The number of hydrogen-bond donors (Lipinski definition) is 2. The van der Waals surface area contributed by atoms with Crippen molar-refractivity contribution in [3.63, 3.8) is 0 Å². The van der Waals surface area contributed by atoms with E-state index in [2.05, 4.69) is 5.32 Å². The molecular formula is C17H22FNO4. The number of carbonyl (C=O) groups is 2. The SMILES string of the molecule is CC(C)(C)OC(=O)NCC(C(=O)O)(c1ccc(F)cc1)C1CC1. The first kappa shape index (κ1) is 17.2. The number of amides is 1. The lowest BCUT2D eigenvalue weighted by Crippen LogP contribution is -2.49. The summed E-state index contributed by atoms with van der Waals surface area (Å²) in [6, 6.07) is 5.42. The second-order valence-electron chi connectivity index (χ2n) is 6.91. The van der Waals surface area contributed by atoms with Gasteiger partial charge < -0.3 is 15.2 Å². The summed E-state index contributed by atoms with van der Waals surface area (Å²) >= 11 is 0. The van der Waals surface area contributed by atoms with E-state index in [1.807, 2.05) is 0 Å². The minimum absolute atomic E-state index is 0.0830. The Balaban J connectivity index is 2.23. The number of alkyl carbamates (subject to hydrolysis) is 1. The van der Waals surface area contributed by atoms with E-state index in [1.165, 1.54) is 24.3 Å². The van der Waals surface area contributed by atoms with E-state index in [0.29, 0.717) is 5.56 Å². The summed E-state index contributed by atoms with van der Waals surface area (Å²) in [5.41, 5.74) is -1.43. The lowest BCUT2D eigenvalue weighted by molar-refractivity contribution is -0.144. The molecule has 1 saturated carbocycles. The molecule has 6 heteroatoms. The predicted octanol–water partition coefficient (Wildman–Crippen LogP) is 3.08. The monoisotopic (exact) mass is 323 g/mol. The van der Waals surface area contributed by atoms with Gasteiger partial charge in [-0.05, 0) is 57.2 Å². The molecule has 1 aromatic carbocycles. The summed E-state index contributed by atoms with van der Waals surface area (Å²) in [6.07, 6.45) is 0.866. The Morgan fingerprint density at radius 1 is 1.26 bits per heavy atom. The van der Waals surface area contributed by atoms with Crippen molar-refractivity contribution in [1.29, 1.82) is 0 Å². The van der Waals surface area contributed by atoms with E-state index in [9.17, 15) is 19.1 Å². The van der Waals surface area contributed by atoms with Gasteiger partial charge >= 0.3 is 12.1 Å². The van der Waals surface area contributed by atoms with Crippen LogP contribution in [-0.4, -0.2) is 29.3 Å². The molecule has 1 fully saturated rings. The van der Waals surface area contributed by atoms with Crippen molar-refractivity contribution in [3.8, 4) is 0 Å². The largest absolute Gasteiger partial charge is 0.481 e. The van der Waals surface area contributed by atoms with Crippen LogP contribution >= 0.6 is 0 Å². The number of rotatable bonds is 5. The van der Waals surface area contributed by atoms with Crippen molar-refractivity contribution in [1.82, 2.24) is 5.32 Å². The third-order valence-corrected chi connectivity index (χ3v) is 3.93. The molecule has 5 nitrogen and oxygen atoms in total. The Hall–Kier alpha value is -2.11. The van der Waals surface area contributed by atoms with Crippen molar-refractivity contribution in [2.75, 3.05) is 6.54 Å². The molecule has 0 bridgehead atoms. The lowest BCUT2D eigenvalue weighted by Gasteiger charge is -2.31. The van der Waals surface area contributed by atoms with Crippen molar-refractivity contribution in [3.05, 3.63) is 35.6 Å². The molecule has 126 valence electrons. The van der Waals surface area contributed by atoms with E-state index in [4.69, 9.17) is 4.74 Å². The summed E-state index contributed by atoms with van der Waals surface area (Å²) in [5.74, 6) is -1.54. The first-order chi connectivity index (χ1) is 10.6. The summed E-state index contributed by atoms with van der Waals surface area (Å²) in [5, 5.41) is 12.4. The average Bonchev–Trinajstić information content (AvgIpc) is 3.24. The van der Waals surface area contributed by atoms with Gasteiger partial charge in [-0.1, -0.05) is 12.1 Å². The minimum Gasteiger partial charge on any atom is -0.481 e. The van der Waals surface area contributed by atoms with Crippen molar-refractivity contribution >= 4 is 12.1 Å². The number of halogens is 1. The van der Waals surface area contributed by atoms with Gasteiger partial charge in [0.2, 0.25) is 0 Å². The molecular weight excluding hydrogens is 301 g/mol. The number of nitrogens with one attached hydrogen (secondary N) is 1. The zero-order valence-corrected chi connectivity index (χ0v) is 13.6. The smallest absolute Gasteiger partial charge is 0.407 e. The van der Waals surface area contributed by atoms with Crippen LogP contribution in [0.1, 0.15) is 39.2 Å². The molecule has 2 rings (SSSR count). The number of benzene rings is 1. The summed E-state index contributed by atoms with van der Waals surface area (Å²) in [6.45, 7) is 5.11. The third-order valence-electron chi connectivity index (χ3n) is 3.93. The molecule has 1 aromatic rings. The molecule has 0 radical (unpaired) electrons. The van der Waals surface area contributed by atoms with Crippen LogP contribution in [0.25, 0.3) is 0 Å². The van der Waals surface area contributed by atoms with Crippen LogP contribution in [0.15, 0.2) is 24.3 Å². The number of carbonyl (C=O) groups excluding carboxylic acids is 1. The number of ether oxygens (including phenoxy) is 1. The lowest BCUT2D eigenvalue weighted by atomic mass is 9.76. The van der Waals surface area contributed by atoms with E-state index < -0.39 is 28.9 Å². The Morgan fingerprint density at radius 3 is 2.26 bits per heavy atom. The van der Waals surface area contributed by atoms with Crippen LogP contribution in [0.5, 0.6) is 0 Å². The maximum Gasteiger partial charge on any atom is 0.407 e. The van der Waals surface area contributed by atoms with Gasteiger partial charge in [-0.15, -0.1) is 0 Å². The quantitative estimate of drug-likeness (QED) is 0.873. The topological polar surface area (TPSA) is 75.6 Å². The highest BCUT2D eigenvalue weighted by atomic mass is 19.1. The molecule has 2 N–H and O–H groups in total. The first-order valence-electron chi connectivity index (χ1n) is 7.61. The summed E-state index contributed by atoms with van der Waals surface area (Å²) in [7, 11) is 0. The molecule has 1 aliphatic carbocycles. The standard InChI is InChI=1S/C17H22FNO4/c1-16(2,3)23-15(22)19-10-17(14(20)21,11-4-5-11)12-6-8-13(18)9-7-12/h6-9,11H,4-5,10H2,1-3H3,(H,19,22)(H,20,21). The Morgan fingerprint density at radius 2 is 1.83 bits per heavy atom. The molecule has 23 heavy (non-hydrogen) atoms. The van der Waals surface area contributed by atoms with Crippen LogP contribution in [0, 0.1) is 11.7 Å². The number of hydrogen-bond acceptors (Lipinski definition) is 3. The second-order valence-corrected chi connectivity index (χ2v) is 6.91. The van der Waals surface area contributed by atoms with E-state index >= 15 is 0 Å². The van der Waals surface area contributed by atoms with Crippen LogP contribution < -0.4 is 5.32 Å². The van der Waals surface area contributed by atoms with Gasteiger partial charge in [0.05, 0.1) is 0 Å². The molecule has 1 atom stereocenters. The zero-order valence-electron chi connectivity index (χ0n) is 13.6.